The van der Waals surface area contributed by atoms with Crippen molar-refractivity contribution in [1.82, 2.24) is 0 Å². The number of benzene rings is 2. The molecular weight excluding hydrogens is 422 g/mol. The zero-order valence-corrected chi connectivity index (χ0v) is 19.4. The van der Waals surface area contributed by atoms with Gasteiger partial charge >= 0.3 is 0 Å². The van der Waals surface area contributed by atoms with Crippen molar-refractivity contribution in [3.8, 4) is 5.75 Å². The Balaban J connectivity index is 1.39. The van der Waals surface area contributed by atoms with Crippen LogP contribution in [0.4, 0.5) is 5.69 Å². The molecular formula is C26H31NO4S. The lowest BCUT2D eigenvalue weighted by Crippen LogP contribution is -2.41. The van der Waals surface area contributed by atoms with Gasteiger partial charge in [-0.1, -0.05) is 19.1 Å². The van der Waals surface area contributed by atoms with Crippen LogP contribution < -0.4 is 9.04 Å². The van der Waals surface area contributed by atoms with E-state index in [1.54, 1.807) is 6.07 Å². The van der Waals surface area contributed by atoms with Gasteiger partial charge in [-0.3, -0.25) is 9.10 Å². The second-order valence-electron chi connectivity index (χ2n) is 9.07. The number of hydrogen-bond donors (Lipinski definition) is 0. The quantitative estimate of drug-likeness (QED) is 0.611. The van der Waals surface area contributed by atoms with Crippen LogP contribution in [-0.2, 0) is 22.1 Å². The molecule has 2 aromatic carbocycles. The lowest BCUT2D eigenvalue weighted by molar-refractivity contribution is 0.0119. The summed E-state index contributed by atoms with van der Waals surface area (Å²) in [5, 5.41) is 0. The number of carbonyl (C=O) groups is 1. The molecule has 0 N–H and O–H groups in total. The summed E-state index contributed by atoms with van der Waals surface area (Å²) in [6.45, 7) is 3.61. The predicted octanol–water partition coefficient (Wildman–Crippen LogP) is 5.09. The van der Waals surface area contributed by atoms with Gasteiger partial charge in [0.15, 0.2) is 16.8 Å². The van der Waals surface area contributed by atoms with Crippen LogP contribution >= 0.6 is 0 Å². The van der Waals surface area contributed by atoms with Crippen LogP contribution in [0.3, 0.4) is 0 Å². The summed E-state index contributed by atoms with van der Waals surface area (Å²) < 4.78 is 27.4. The SMILES string of the molecule is CCc1ccc(N(C2CCC2)S(=O)c2ccc3c(c2)C(=O)CC(C2CCOCC2)O3)cc1. The number of fused-ring (bicyclic) bond motifs is 1. The minimum Gasteiger partial charge on any atom is -0.489 e. The van der Waals surface area contributed by atoms with Gasteiger partial charge in [-0.15, -0.1) is 0 Å². The molecule has 0 spiro atoms. The van der Waals surface area contributed by atoms with Crippen LogP contribution in [0.5, 0.6) is 5.75 Å². The molecule has 1 saturated carbocycles. The fourth-order valence-corrected chi connectivity index (χ4v) is 6.27. The molecule has 2 atom stereocenters. The Morgan fingerprint density at radius 1 is 1.03 bits per heavy atom. The maximum absolute atomic E-state index is 13.7. The summed E-state index contributed by atoms with van der Waals surface area (Å²) in [7, 11) is -1.38. The third-order valence-corrected chi connectivity index (χ3v) is 8.62. The minimum atomic E-state index is -1.38. The number of rotatable bonds is 6. The molecule has 6 heteroatoms. The maximum Gasteiger partial charge on any atom is 0.170 e. The lowest BCUT2D eigenvalue weighted by Gasteiger charge is -2.38. The van der Waals surface area contributed by atoms with Gasteiger partial charge < -0.3 is 9.47 Å². The third-order valence-electron chi connectivity index (χ3n) is 7.09. The normalized spacial score (nSPS) is 22.5. The summed E-state index contributed by atoms with van der Waals surface area (Å²) >= 11 is 0. The molecule has 2 unspecified atom stereocenters. The van der Waals surface area contributed by atoms with Crippen LogP contribution in [0.1, 0.15) is 61.4 Å². The highest BCUT2D eigenvalue weighted by Crippen LogP contribution is 2.37. The zero-order valence-electron chi connectivity index (χ0n) is 18.6. The molecule has 0 radical (unpaired) electrons. The molecule has 2 heterocycles. The number of ketones is 1. The first-order valence-corrected chi connectivity index (χ1v) is 13.0. The highest BCUT2D eigenvalue weighted by molar-refractivity contribution is 7.86. The van der Waals surface area contributed by atoms with Crippen molar-refractivity contribution in [3.05, 3.63) is 53.6 Å². The van der Waals surface area contributed by atoms with E-state index in [0.717, 1.165) is 57.4 Å². The summed E-state index contributed by atoms with van der Waals surface area (Å²) in [6.07, 6.45) is 6.40. The molecule has 5 nitrogen and oxygen atoms in total. The van der Waals surface area contributed by atoms with Crippen molar-refractivity contribution in [2.75, 3.05) is 17.5 Å². The highest BCUT2D eigenvalue weighted by Gasteiger charge is 2.35. The number of ether oxygens (including phenoxy) is 2. The monoisotopic (exact) mass is 453 g/mol. The van der Waals surface area contributed by atoms with Crippen molar-refractivity contribution in [2.45, 2.75) is 68.9 Å². The Hall–Kier alpha value is -2.18. The van der Waals surface area contributed by atoms with Gasteiger partial charge in [0.25, 0.3) is 0 Å². The van der Waals surface area contributed by atoms with E-state index in [1.807, 2.05) is 16.4 Å². The van der Waals surface area contributed by atoms with E-state index in [0.29, 0.717) is 28.5 Å². The number of Topliss-reactive ketones (excluding diaryl/α,β-unsaturated/α-hetero) is 1. The summed E-state index contributed by atoms with van der Waals surface area (Å²) in [4.78, 5) is 13.7. The molecule has 3 aliphatic rings. The van der Waals surface area contributed by atoms with Crippen LogP contribution in [-0.4, -0.2) is 35.4 Å². The molecule has 1 aliphatic carbocycles. The molecule has 2 aliphatic heterocycles. The standard InChI is InChI=1S/C26H31NO4S/c1-2-18-6-8-21(9-7-18)27(20-4-3-5-20)32(29)22-10-11-25-23(16-22)24(28)17-26(31-25)19-12-14-30-15-13-19/h6-11,16,19-20,26H,2-5,12-15,17H2,1H3. The zero-order chi connectivity index (χ0) is 22.1. The maximum atomic E-state index is 13.7. The molecule has 2 fully saturated rings. The first-order valence-electron chi connectivity index (χ1n) is 11.9. The van der Waals surface area contributed by atoms with Crippen molar-refractivity contribution < 1.29 is 18.5 Å². The van der Waals surface area contributed by atoms with Gasteiger partial charge in [0.2, 0.25) is 0 Å². The average molecular weight is 454 g/mol. The molecule has 2 aromatic rings. The van der Waals surface area contributed by atoms with E-state index in [2.05, 4.69) is 31.2 Å². The van der Waals surface area contributed by atoms with Crippen molar-refractivity contribution in [3.63, 3.8) is 0 Å². The highest BCUT2D eigenvalue weighted by atomic mass is 32.2. The van der Waals surface area contributed by atoms with Crippen molar-refractivity contribution >= 4 is 22.5 Å². The number of aryl methyl sites for hydroxylation is 1. The summed E-state index contributed by atoms with van der Waals surface area (Å²) in [6, 6.07) is 14.1. The van der Waals surface area contributed by atoms with E-state index in [9.17, 15) is 9.00 Å². The smallest absolute Gasteiger partial charge is 0.170 e. The molecule has 170 valence electrons. The minimum absolute atomic E-state index is 0.0844. The van der Waals surface area contributed by atoms with Crippen molar-refractivity contribution in [1.29, 1.82) is 0 Å². The second-order valence-corrected chi connectivity index (χ2v) is 10.4. The van der Waals surface area contributed by atoms with Crippen LogP contribution in [0.2, 0.25) is 0 Å². The summed E-state index contributed by atoms with van der Waals surface area (Å²) in [5.41, 5.74) is 2.81. The van der Waals surface area contributed by atoms with Crippen LogP contribution in [0.25, 0.3) is 0 Å². The van der Waals surface area contributed by atoms with E-state index >= 15 is 0 Å². The topological polar surface area (TPSA) is 55.8 Å². The lowest BCUT2D eigenvalue weighted by atomic mass is 9.87. The Bertz CT molecular complexity index is 995. The van der Waals surface area contributed by atoms with E-state index in [4.69, 9.17) is 9.47 Å². The van der Waals surface area contributed by atoms with Gasteiger partial charge in [-0.05, 0) is 74.4 Å². The molecule has 5 rings (SSSR count). The Kier molecular flexibility index (Phi) is 6.33. The van der Waals surface area contributed by atoms with Gasteiger partial charge in [-0.25, -0.2) is 4.21 Å². The van der Waals surface area contributed by atoms with Gasteiger partial charge in [-0.2, -0.15) is 0 Å². The van der Waals surface area contributed by atoms with Gasteiger partial charge in [0.05, 0.1) is 10.5 Å². The largest absolute Gasteiger partial charge is 0.489 e. The molecule has 32 heavy (non-hydrogen) atoms. The predicted molar refractivity (Wildman–Crippen MR) is 126 cm³/mol. The van der Waals surface area contributed by atoms with E-state index in [1.165, 1.54) is 5.56 Å². The van der Waals surface area contributed by atoms with Crippen LogP contribution in [0, 0.1) is 5.92 Å². The van der Waals surface area contributed by atoms with Gasteiger partial charge in [0, 0.05) is 37.3 Å². The van der Waals surface area contributed by atoms with Crippen molar-refractivity contribution in [2.24, 2.45) is 5.92 Å². The molecule has 0 aromatic heterocycles. The fourth-order valence-electron chi connectivity index (χ4n) is 4.84. The number of nitrogens with zero attached hydrogens (tertiary/aromatic N) is 1. The number of anilines is 1. The van der Waals surface area contributed by atoms with E-state index < -0.39 is 11.0 Å². The van der Waals surface area contributed by atoms with E-state index in [-0.39, 0.29) is 17.9 Å². The Morgan fingerprint density at radius 2 is 1.78 bits per heavy atom. The fraction of sp³-hybridized carbons (Fsp3) is 0.500. The first-order chi connectivity index (χ1) is 15.6. The average Bonchev–Trinajstić information content (AvgIpc) is 2.81. The number of hydrogen-bond acceptors (Lipinski definition) is 4. The molecule has 0 bridgehead atoms. The summed E-state index contributed by atoms with van der Waals surface area (Å²) in [5.74, 6) is 1.07. The second kappa shape index (κ2) is 9.36. The first kappa shape index (κ1) is 21.7. The Labute approximate surface area is 192 Å². The van der Waals surface area contributed by atoms with Gasteiger partial charge in [0.1, 0.15) is 11.9 Å². The molecule has 1 saturated heterocycles. The van der Waals surface area contributed by atoms with Crippen LogP contribution in [0.15, 0.2) is 47.4 Å². The number of carbonyl (C=O) groups excluding carboxylic acids is 1. The molecule has 0 amide bonds. The Morgan fingerprint density at radius 3 is 2.44 bits per heavy atom. The third kappa shape index (κ3) is 4.23.